The van der Waals surface area contributed by atoms with E-state index in [-0.39, 0.29) is 17.6 Å². The summed E-state index contributed by atoms with van der Waals surface area (Å²) in [5, 5.41) is 0. The van der Waals surface area contributed by atoms with Crippen LogP contribution in [-0.2, 0) is 0 Å². The van der Waals surface area contributed by atoms with Crippen molar-refractivity contribution in [3.05, 3.63) is 51.9 Å². The number of anilines is 1. The average Bonchev–Trinajstić information content (AvgIpc) is 3.33. The van der Waals surface area contributed by atoms with E-state index < -0.39 is 32.6 Å². The molecule has 1 atom stereocenters. The molecule has 2 fully saturated rings. The van der Waals surface area contributed by atoms with Crippen molar-refractivity contribution in [3.63, 3.8) is 0 Å². The quantitative estimate of drug-likeness (QED) is 0.634. The van der Waals surface area contributed by atoms with Crippen LogP contribution in [0.1, 0.15) is 47.8 Å². The van der Waals surface area contributed by atoms with Crippen molar-refractivity contribution >= 4 is 22.1 Å². The van der Waals surface area contributed by atoms with Crippen LogP contribution in [0.25, 0.3) is 0 Å². The van der Waals surface area contributed by atoms with E-state index in [2.05, 4.69) is 4.98 Å². The number of carbonyl (C=O) groups is 1. The van der Waals surface area contributed by atoms with Gasteiger partial charge in [-0.2, -0.15) is 0 Å². The maximum Gasteiger partial charge on any atom is 0.310 e. The molecule has 170 valence electrons. The Morgan fingerprint density at radius 3 is 2.13 bits per heavy atom. The van der Waals surface area contributed by atoms with Crippen molar-refractivity contribution < 1.29 is 24.2 Å². The van der Waals surface area contributed by atoms with Gasteiger partial charge < -0.3 is 10.6 Å². The van der Waals surface area contributed by atoms with Gasteiger partial charge in [-0.05, 0) is 49.3 Å². The molecule has 1 aliphatic carbocycles. The van der Waals surface area contributed by atoms with Crippen molar-refractivity contribution in [2.75, 3.05) is 18.0 Å². The van der Waals surface area contributed by atoms with Gasteiger partial charge in [0, 0.05) is 19.2 Å². The molecule has 2 heterocycles. The third-order valence-corrected chi connectivity index (χ3v) is 6.75. The monoisotopic (exact) mass is 464 g/mol. The summed E-state index contributed by atoms with van der Waals surface area (Å²) >= 11 is 0. The fourth-order valence-electron chi connectivity index (χ4n) is 3.97. The van der Waals surface area contributed by atoms with Gasteiger partial charge in [-0.3, -0.25) is 14.2 Å². The molecule has 4 rings (SSSR count). The largest absolute Gasteiger partial charge is 0.364 e. The molecule has 1 amide bonds. The minimum atomic E-state index is -9.80. The van der Waals surface area contributed by atoms with Crippen LogP contribution in [0.5, 0.6) is 0 Å². The molecule has 0 radical (unpaired) electrons. The van der Waals surface area contributed by atoms with Crippen LogP contribution < -0.4 is 16.2 Å². The first-order valence-corrected chi connectivity index (χ1v) is 11.7. The van der Waals surface area contributed by atoms with Gasteiger partial charge in [0.15, 0.2) is 0 Å². The number of rotatable bonds is 6. The van der Waals surface area contributed by atoms with Crippen LogP contribution in [0.2, 0.25) is 0 Å². The number of nitrogens with two attached hydrogens (primary N) is 1. The summed E-state index contributed by atoms with van der Waals surface area (Å²) in [6.07, 6.45) is 3.14. The highest BCUT2D eigenvalue weighted by Crippen LogP contribution is 3.02. The van der Waals surface area contributed by atoms with Crippen LogP contribution in [0.3, 0.4) is 0 Å². The fourth-order valence-corrected chi connectivity index (χ4v) is 4.62. The Kier molecular flexibility index (Phi) is 4.49. The predicted octanol–water partition coefficient (Wildman–Crippen LogP) is 4.60. The molecule has 1 aliphatic heterocycles. The number of hydrogen-bond donors (Lipinski definition) is 1. The van der Waals surface area contributed by atoms with Crippen LogP contribution in [0, 0.1) is 5.92 Å². The Labute approximate surface area is 174 Å². The molecule has 6 nitrogen and oxygen atoms in total. The van der Waals surface area contributed by atoms with Gasteiger partial charge in [-0.1, -0.05) is 31.6 Å². The first-order valence-electron chi connectivity index (χ1n) is 9.77. The zero-order chi connectivity index (χ0) is 22.7. The minimum absolute atomic E-state index is 0.0638. The molecule has 2 N–H and O–H groups in total. The maximum absolute atomic E-state index is 13.1. The van der Waals surface area contributed by atoms with Crippen LogP contribution in [0.15, 0.2) is 40.0 Å². The topological polar surface area (TPSA) is 81.2 Å². The van der Waals surface area contributed by atoms with Crippen LogP contribution in [-0.4, -0.2) is 28.5 Å². The van der Waals surface area contributed by atoms with E-state index in [1.807, 2.05) is 4.90 Å². The molecule has 31 heavy (non-hydrogen) atoms. The molecule has 2 aliphatic rings. The van der Waals surface area contributed by atoms with Gasteiger partial charge in [0.2, 0.25) is 5.95 Å². The number of primary amides is 1. The standard InChI is InChI=1S/C19H21F5N4O2S/c20-31(21,22,23,24)14-7-5-13(6-8-14)17(12-3-4-12)28-16(29)11-15(18(25)30)26-19(28)27-9-1-2-10-27/h5-8,11-12,17H,1-4,9-10H2,(H2,25,30)/t17-/m1/s1. The molecule has 0 spiro atoms. The minimum Gasteiger partial charge on any atom is -0.364 e. The van der Waals surface area contributed by atoms with E-state index in [4.69, 9.17) is 5.73 Å². The zero-order valence-corrected chi connectivity index (χ0v) is 17.1. The van der Waals surface area contributed by atoms with E-state index in [0.29, 0.717) is 30.8 Å². The Balaban J connectivity index is 1.85. The molecule has 1 aromatic heterocycles. The summed E-state index contributed by atoms with van der Waals surface area (Å²) in [6, 6.07) is 3.00. The average molecular weight is 464 g/mol. The van der Waals surface area contributed by atoms with Crippen molar-refractivity contribution in [1.29, 1.82) is 0 Å². The van der Waals surface area contributed by atoms with Gasteiger partial charge in [0.1, 0.15) is 10.6 Å². The van der Waals surface area contributed by atoms with Gasteiger partial charge in [0.25, 0.3) is 11.5 Å². The lowest BCUT2D eigenvalue weighted by Crippen LogP contribution is -2.36. The van der Waals surface area contributed by atoms with Crippen molar-refractivity contribution in [3.8, 4) is 0 Å². The summed E-state index contributed by atoms with van der Waals surface area (Å²) in [4.78, 5) is 28.7. The maximum atomic E-state index is 13.1. The number of nitrogens with zero attached hydrogens (tertiary/aromatic N) is 3. The van der Waals surface area contributed by atoms with Crippen LogP contribution in [0.4, 0.5) is 25.4 Å². The fraction of sp³-hybridized carbons (Fsp3) is 0.421. The molecule has 0 unspecified atom stereocenters. The summed E-state index contributed by atoms with van der Waals surface area (Å²) < 4.78 is 66.9. The molecule has 1 saturated heterocycles. The van der Waals surface area contributed by atoms with Crippen molar-refractivity contribution in [2.24, 2.45) is 11.7 Å². The Hall–Kier alpha value is -2.63. The van der Waals surface area contributed by atoms with Gasteiger partial charge in [-0.25, -0.2) is 4.98 Å². The molecular weight excluding hydrogens is 443 g/mol. The smallest absolute Gasteiger partial charge is 0.310 e. The number of amides is 1. The number of hydrogen-bond acceptors (Lipinski definition) is 4. The Morgan fingerprint density at radius 1 is 1.06 bits per heavy atom. The molecular formula is C19H21F5N4O2S. The van der Waals surface area contributed by atoms with Gasteiger partial charge >= 0.3 is 10.2 Å². The second-order valence-electron chi connectivity index (χ2n) is 8.03. The first kappa shape index (κ1) is 21.6. The number of carbonyl (C=O) groups excluding carboxylic acids is 1. The highest BCUT2D eigenvalue weighted by molar-refractivity contribution is 8.45. The normalized spacial score (nSPS) is 20.2. The molecule has 0 bridgehead atoms. The molecule has 1 saturated carbocycles. The van der Waals surface area contributed by atoms with Gasteiger partial charge in [-0.15, -0.1) is 0 Å². The zero-order valence-electron chi connectivity index (χ0n) is 16.3. The first-order chi connectivity index (χ1) is 14.2. The van der Waals surface area contributed by atoms with E-state index in [0.717, 1.165) is 43.9 Å². The second-order valence-corrected chi connectivity index (χ2v) is 10.4. The summed E-state index contributed by atoms with van der Waals surface area (Å²) in [5.41, 5.74) is 4.83. The van der Waals surface area contributed by atoms with Crippen LogP contribution >= 0.6 is 10.2 Å². The number of halogens is 5. The second kappa shape index (κ2) is 6.44. The number of aromatic nitrogens is 2. The van der Waals surface area contributed by atoms with Crippen molar-refractivity contribution in [1.82, 2.24) is 9.55 Å². The highest BCUT2D eigenvalue weighted by Gasteiger charge is 2.65. The summed E-state index contributed by atoms with van der Waals surface area (Å²) in [6.45, 7) is 1.18. The highest BCUT2D eigenvalue weighted by atomic mass is 32.5. The SMILES string of the molecule is NC(=O)c1cc(=O)n([C@@H](c2ccc(S(F)(F)(F)(F)F)cc2)C2CC2)c(N2CCCC2)n1. The van der Waals surface area contributed by atoms with E-state index in [1.54, 1.807) is 0 Å². The van der Waals surface area contributed by atoms with E-state index in [1.165, 1.54) is 4.57 Å². The summed E-state index contributed by atoms with van der Waals surface area (Å²) in [5.74, 6) is -0.716. The predicted molar refractivity (Wildman–Crippen MR) is 107 cm³/mol. The third-order valence-electron chi connectivity index (χ3n) is 5.59. The van der Waals surface area contributed by atoms with E-state index in [9.17, 15) is 29.0 Å². The third kappa shape index (κ3) is 4.39. The molecule has 2 aromatic rings. The summed E-state index contributed by atoms with van der Waals surface area (Å²) in [7, 11) is -9.80. The molecule has 12 heteroatoms. The lowest BCUT2D eigenvalue weighted by atomic mass is 10.0. The lowest BCUT2D eigenvalue weighted by molar-refractivity contribution is 0.0995. The number of benzene rings is 1. The Morgan fingerprint density at radius 2 is 1.65 bits per heavy atom. The van der Waals surface area contributed by atoms with Crippen molar-refractivity contribution in [2.45, 2.75) is 36.6 Å². The lowest BCUT2D eigenvalue weighted by Gasteiger charge is -2.40. The molecule has 1 aromatic carbocycles. The Bertz CT molecular complexity index is 1090. The van der Waals surface area contributed by atoms with E-state index >= 15 is 0 Å². The van der Waals surface area contributed by atoms with Gasteiger partial charge in [0.05, 0.1) is 6.04 Å².